The summed E-state index contributed by atoms with van der Waals surface area (Å²) >= 11 is 0. The summed E-state index contributed by atoms with van der Waals surface area (Å²) < 4.78 is 4.86. The third-order valence-electron chi connectivity index (χ3n) is 1.50. The quantitative estimate of drug-likeness (QED) is 0.365. The van der Waals surface area contributed by atoms with Gasteiger partial charge in [-0.15, -0.1) is 0 Å². The maximum Gasteiger partial charge on any atom is 0.103 e. The van der Waals surface area contributed by atoms with Crippen molar-refractivity contribution in [3.63, 3.8) is 0 Å². The van der Waals surface area contributed by atoms with Crippen molar-refractivity contribution in [2.45, 2.75) is 0 Å². The molecule has 1 aliphatic rings. The van der Waals surface area contributed by atoms with E-state index in [1.165, 1.54) is 0 Å². The fourth-order valence-electron chi connectivity index (χ4n) is 0.917. The molecule has 0 unspecified atom stereocenters. The van der Waals surface area contributed by atoms with Crippen LogP contribution in [0.1, 0.15) is 0 Å². The highest BCUT2D eigenvalue weighted by atomic mass is 16.5. The SMILES string of the molecule is COCC1=C/C(=N/O)C=CC1=N. The van der Waals surface area contributed by atoms with Crippen LogP contribution in [-0.4, -0.2) is 30.3 Å². The van der Waals surface area contributed by atoms with Crippen LogP contribution in [0.25, 0.3) is 0 Å². The highest BCUT2D eigenvalue weighted by Crippen LogP contribution is 2.06. The van der Waals surface area contributed by atoms with Gasteiger partial charge >= 0.3 is 0 Å². The van der Waals surface area contributed by atoms with Gasteiger partial charge in [0.1, 0.15) is 5.71 Å². The third kappa shape index (κ3) is 1.79. The standard InChI is InChI=1S/C8H10N2O2/c1-12-5-6-4-7(10-11)2-3-8(6)9/h2-4,9,11H,5H2,1H3/b9-8?,10-7+. The number of methoxy groups -OCH3 is 1. The van der Waals surface area contributed by atoms with Gasteiger partial charge < -0.3 is 15.4 Å². The minimum atomic E-state index is 0.363. The lowest BCUT2D eigenvalue weighted by atomic mass is 10.0. The summed E-state index contributed by atoms with van der Waals surface area (Å²) in [6, 6.07) is 0. The molecule has 0 radical (unpaired) electrons. The van der Waals surface area contributed by atoms with Crippen LogP contribution in [0.5, 0.6) is 0 Å². The lowest BCUT2D eigenvalue weighted by Crippen LogP contribution is -2.11. The number of ether oxygens (including phenoxy) is 1. The Morgan fingerprint density at radius 1 is 1.58 bits per heavy atom. The topological polar surface area (TPSA) is 65.7 Å². The van der Waals surface area contributed by atoms with Crippen LogP contribution in [-0.2, 0) is 4.74 Å². The van der Waals surface area contributed by atoms with Gasteiger partial charge in [0.25, 0.3) is 0 Å². The van der Waals surface area contributed by atoms with Gasteiger partial charge in [-0.2, -0.15) is 0 Å². The van der Waals surface area contributed by atoms with Crippen LogP contribution in [0, 0.1) is 5.41 Å². The van der Waals surface area contributed by atoms with Crippen LogP contribution in [0.2, 0.25) is 0 Å². The van der Waals surface area contributed by atoms with E-state index in [1.54, 1.807) is 25.3 Å². The summed E-state index contributed by atoms with van der Waals surface area (Å²) in [5.74, 6) is 0. The number of oxime groups is 1. The molecule has 0 spiro atoms. The van der Waals surface area contributed by atoms with Gasteiger partial charge in [-0.1, -0.05) is 5.16 Å². The first-order chi connectivity index (χ1) is 5.77. The highest BCUT2D eigenvalue weighted by Gasteiger charge is 2.08. The van der Waals surface area contributed by atoms with Crippen molar-refractivity contribution in [1.82, 2.24) is 0 Å². The van der Waals surface area contributed by atoms with Crippen molar-refractivity contribution in [3.05, 3.63) is 23.8 Å². The van der Waals surface area contributed by atoms with Gasteiger partial charge in [-0.25, -0.2) is 0 Å². The van der Waals surface area contributed by atoms with Crippen LogP contribution >= 0.6 is 0 Å². The second-order valence-corrected chi connectivity index (χ2v) is 2.37. The first kappa shape index (κ1) is 8.67. The van der Waals surface area contributed by atoms with Gasteiger partial charge in [0.05, 0.1) is 12.3 Å². The molecule has 0 atom stereocenters. The fourth-order valence-corrected chi connectivity index (χ4v) is 0.917. The van der Waals surface area contributed by atoms with E-state index in [0.29, 0.717) is 23.6 Å². The van der Waals surface area contributed by atoms with E-state index in [2.05, 4.69) is 5.16 Å². The average Bonchev–Trinajstić information content (AvgIpc) is 2.09. The largest absolute Gasteiger partial charge is 0.410 e. The second kappa shape index (κ2) is 3.82. The van der Waals surface area contributed by atoms with Crippen molar-refractivity contribution in [2.24, 2.45) is 5.16 Å². The van der Waals surface area contributed by atoms with E-state index in [9.17, 15) is 0 Å². The third-order valence-corrected chi connectivity index (χ3v) is 1.50. The molecule has 12 heavy (non-hydrogen) atoms. The molecule has 0 fully saturated rings. The minimum Gasteiger partial charge on any atom is -0.410 e. The minimum absolute atomic E-state index is 0.363. The van der Waals surface area contributed by atoms with Crippen LogP contribution in [0.15, 0.2) is 29.0 Å². The smallest absolute Gasteiger partial charge is 0.103 e. The Bertz CT molecular complexity index is 277. The predicted molar refractivity (Wildman–Crippen MR) is 46.0 cm³/mol. The van der Waals surface area contributed by atoms with Crippen molar-refractivity contribution >= 4 is 11.4 Å². The molecule has 0 heterocycles. The van der Waals surface area contributed by atoms with Crippen molar-refractivity contribution in [3.8, 4) is 0 Å². The van der Waals surface area contributed by atoms with Crippen LogP contribution in [0.3, 0.4) is 0 Å². The summed E-state index contributed by atoms with van der Waals surface area (Å²) in [6.45, 7) is 0.363. The molecular formula is C8H10N2O2. The van der Waals surface area contributed by atoms with E-state index < -0.39 is 0 Å². The highest BCUT2D eigenvalue weighted by molar-refractivity contribution is 6.20. The lowest BCUT2D eigenvalue weighted by Gasteiger charge is -2.08. The first-order valence-corrected chi connectivity index (χ1v) is 3.46. The Morgan fingerprint density at radius 3 is 2.92 bits per heavy atom. The van der Waals surface area contributed by atoms with E-state index in [1.807, 2.05) is 0 Å². The van der Waals surface area contributed by atoms with Gasteiger partial charge in [0.2, 0.25) is 0 Å². The molecule has 0 bridgehead atoms. The Labute approximate surface area is 70.4 Å². The Kier molecular flexibility index (Phi) is 2.76. The zero-order chi connectivity index (χ0) is 8.97. The monoisotopic (exact) mass is 166 g/mol. The molecule has 0 aromatic heterocycles. The van der Waals surface area contributed by atoms with Crippen LogP contribution < -0.4 is 0 Å². The molecule has 2 N–H and O–H groups in total. The molecule has 4 nitrogen and oxygen atoms in total. The van der Waals surface area contributed by atoms with E-state index in [4.69, 9.17) is 15.4 Å². The molecule has 0 amide bonds. The summed E-state index contributed by atoms with van der Waals surface area (Å²) in [5.41, 5.74) is 1.55. The number of allylic oxidation sites excluding steroid dienone is 3. The molecule has 4 heteroatoms. The van der Waals surface area contributed by atoms with E-state index in [-0.39, 0.29) is 0 Å². The lowest BCUT2D eigenvalue weighted by molar-refractivity contribution is 0.230. The average molecular weight is 166 g/mol. The summed E-state index contributed by atoms with van der Waals surface area (Å²) in [4.78, 5) is 0. The molecule has 0 aliphatic heterocycles. The molecular weight excluding hydrogens is 156 g/mol. The maximum atomic E-state index is 8.44. The molecule has 0 aromatic carbocycles. The summed E-state index contributed by atoms with van der Waals surface area (Å²) in [7, 11) is 1.56. The Morgan fingerprint density at radius 2 is 2.33 bits per heavy atom. The van der Waals surface area contributed by atoms with Crippen molar-refractivity contribution < 1.29 is 9.94 Å². The zero-order valence-corrected chi connectivity index (χ0v) is 6.74. The van der Waals surface area contributed by atoms with Gasteiger partial charge in [0.15, 0.2) is 0 Å². The molecule has 0 aromatic rings. The molecule has 0 saturated heterocycles. The molecule has 1 rings (SSSR count). The normalized spacial score (nSPS) is 19.9. The Hall–Kier alpha value is -1.42. The molecule has 64 valence electrons. The second-order valence-electron chi connectivity index (χ2n) is 2.37. The zero-order valence-electron chi connectivity index (χ0n) is 6.74. The predicted octanol–water partition coefficient (Wildman–Crippen LogP) is 0.979. The van der Waals surface area contributed by atoms with Crippen molar-refractivity contribution in [2.75, 3.05) is 13.7 Å². The van der Waals surface area contributed by atoms with Crippen molar-refractivity contribution in [1.29, 1.82) is 5.41 Å². The first-order valence-electron chi connectivity index (χ1n) is 3.46. The number of nitrogens with zero attached hydrogens (tertiary/aromatic N) is 1. The number of rotatable bonds is 2. The summed E-state index contributed by atoms with van der Waals surface area (Å²) in [6.07, 6.45) is 4.76. The molecule has 0 saturated carbocycles. The van der Waals surface area contributed by atoms with E-state index >= 15 is 0 Å². The number of hydrogen-bond donors (Lipinski definition) is 2. The van der Waals surface area contributed by atoms with Crippen LogP contribution in [0.4, 0.5) is 0 Å². The molecule has 1 aliphatic carbocycles. The van der Waals surface area contributed by atoms with E-state index in [0.717, 1.165) is 0 Å². The number of hydrogen-bond acceptors (Lipinski definition) is 4. The van der Waals surface area contributed by atoms with Gasteiger partial charge in [-0.05, 0) is 18.2 Å². The van der Waals surface area contributed by atoms with Gasteiger partial charge in [-0.3, -0.25) is 0 Å². The summed E-state index contributed by atoms with van der Waals surface area (Å²) in [5, 5.41) is 18.9. The number of nitrogens with one attached hydrogen (secondary N) is 1. The van der Waals surface area contributed by atoms with Gasteiger partial charge in [0, 0.05) is 12.7 Å². The fraction of sp³-hybridized carbons (Fsp3) is 0.250. The maximum absolute atomic E-state index is 8.44. The Balaban J connectivity index is 2.83.